The number of nitrogens with zero attached hydrogens (tertiary/aromatic N) is 1. The third-order valence-electron chi connectivity index (χ3n) is 5.91. The van der Waals surface area contributed by atoms with Gasteiger partial charge in [0.15, 0.2) is 0 Å². The van der Waals surface area contributed by atoms with Gasteiger partial charge in [-0.2, -0.15) is 0 Å². The Morgan fingerprint density at radius 1 is 1.34 bits per heavy atom. The molecule has 2 aromatic rings. The average Bonchev–Trinajstić information content (AvgIpc) is 3.08. The lowest BCUT2D eigenvalue weighted by atomic mass is 9.98. The Hall–Kier alpha value is -2.27. The van der Waals surface area contributed by atoms with Gasteiger partial charge in [0.25, 0.3) is 0 Å². The van der Waals surface area contributed by atoms with Crippen molar-refractivity contribution in [2.24, 2.45) is 5.92 Å². The zero-order chi connectivity index (χ0) is 21.1. The van der Waals surface area contributed by atoms with Crippen LogP contribution in [0.15, 0.2) is 30.0 Å². The molecule has 1 aromatic heterocycles. The van der Waals surface area contributed by atoms with Crippen molar-refractivity contribution in [1.82, 2.24) is 10.3 Å². The molecular weight excluding hydrogens is 362 g/mol. The van der Waals surface area contributed by atoms with E-state index >= 15 is 0 Å². The van der Waals surface area contributed by atoms with Crippen molar-refractivity contribution in [3.8, 4) is 0 Å². The molecule has 0 fully saturated rings. The molecule has 158 valence electrons. The van der Waals surface area contributed by atoms with Crippen LogP contribution < -0.4 is 10.2 Å². The maximum atomic E-state index is 13.0. The zero-order valence-electron chi connectivity index (χ0n) is 18.4. The third kappa shape index (κ3) is 4.50. The minimum Gasteiger partial charge on any atom is -0.394 e. The van der Waals surface area contributed by atoms with Crippen LogP contribution in [-0.2, 0) is 17.6 Å². The number of aryl methyl sites for hydroxylation is 1. The van der Waals surface area contributed by atoms with Gasteiger partial charge in [-0.1, -0.05) is 31.6 Å². The van der Waals surface area contributed by atoms with Gasteiger partial charge in [-0.3, -0.25) is 4.79 Å². The van der Waals surface area contributed by atoms with Gasteiger partial charge in [-0.15, -0.1) is 0 Å². The van der Waals surface area contributed by atoms with Gasteiger partial charge in [-0.25, -0.2) is 0 Å². The Labute approximate surface area is 174 Å². The van der Waals surface area contributed by atoms with Crippen LogP contribution in [0.5, 0.6) is 0 Å². The number of aromatic nitrogens is 1. The highest BCUT2D eigenvalue weighted by Gasteiger charge is 2.32. The van der Waals surface area contributed by atoms with E-state index in [4.69, 9.17) is 0 Å². The summed E-state index contributed by atoms with van der Waals surface area (Å²) in [4.78, 5) is 18.6. The largest absolute Gasteiger partial charge is 0.394 e. The van der Waals surface area contributed by atoms with Crippen LogP contribution in [-0.4, -0.2) is 41.7 Å². The molecule has 5 nitrogen and oxygen atoms in total. The van der Waals surface area contributed by atoms with E-state index in [1.165, 1.54) is 16.5 Å². The molecule has 0 saturated carbocycles. The van der Waals surface area contributed by atoms with Gasteiger partial charge < -0.3 is 20.3 Å². The van der Waals surface area contributed by atoms with Crippen LogP contribution >= 0.6 is 0 Å². The van der Waals surface area contributed by atoms with Crippen molar-refractivity contribution in [2.45, 2.75) is 65.5 Å². The summed E-state index contributed by atoms with van der Waals surface area (Å²) in [5.74, 6) is 0.133. The van der Waals surface area contributed by atoms with Crippen molar-refractivity contribution in [3.05, 3.63) is 41.1 Å². The lowest BCUT2D eigenvalue weighted by Crippen LogP contribution is -2.52. The first-order chi connectivity index (χ1) is 13.8. The molecule has 0 radical (unpaired) electrons. The number of H-pyrrole nitrogens is 1. The standard InChI is InChI=1S/C24H35N3O2/c1-15(2)8-6-7-9-17-10-11-20-21-18(13-25-22(17)21)12-19(14-28)26-24(29)23(16(3)4)27(20)5/h8,10-11,13,16,19,23,25,28H,6-7,9,12,14H2,1-5H3,(H,26,29)/t19-,23-/m0/s1. The highest BCUT2D eigenvalue weighted by molar-refractivity contribution is 5.99. The summed E-state index contributed by atoms with van der Waals surface area (Å²) in [6.07, 6.45) is 8.16. The molecule has 3 rings (SSSR count). The van der Waals surface area contributed by atoms with Crippen molar-refractivity contribution < 1.29 is 9.90 Å². The molecule has 2 heterocycles. The van der Waals surface area contributed by atoms with E-state index < -0.39 is 0 Å². The summed E-state index contributed by atoms with van der Waals surface area (Å²) in [5, 5.41) is 14.1. The van der Waals surface area contributed by atoms with E-state index in [-0.39, 0.29) is 30.5 Å². The second-order valence-corrected chi connectivity index (χ2v) is 8.87. The summed E-state index contributed by atoms with van der Waals surface area (Å²) in [5.41, 5.74) is 6.06. The van der Waals surface area contributed by atoms with E-state index in [0.717, 1.165) is 36.0 Å². The number of benzene rings is 1. The Morgan fingerprint density at radius 3 is 2.76 bits per heavy atom. The van der Waals surface area contributed by atoms with E-state index in [1.807, 2.05) is 13.2 Å². The van der Waals surface area contributed by atoms with Crippen LogP contribution in [0, 0.1) is 5.92 Å². The number of aromatic amines is 1. The third-order valence-corrected chi connectivity index (χ3v) is 5.91. The summed E-state index contributed by atoms with van der Waals surface area (Å²) in [6.45, 7) is 8.35. The fourth-order valence-corrected chi connectivity index (χ4v) is 4.49. The molecule has 5 heteroatoms. The van der Waals surface area contributed by atoms with Crippen molar-refractivity contribution >= 4 is 22.5 Å². The number of aliphatic hydroxyl groups excluding tert-OH is 1. The number of anilines is 1. The zero-order valence-corrected chi connectivity index (χ0v) is 18.4. The number of nitrogens with one attached hydrogen (secondary N) is 2. The Bertz CT molecular complexity index is 893. The number of hydrogen-bond acceptors (Lipinski definition) is 3. The van der Waals surface area contributed by atoms with Crippen LogP contribution in [0.3, 0.4) is 0 Å². The van der Waals surface area contributed by atoms with Crippen LogP contribution in [0.2, 0.25) is 0 Å². The number of carbonyl (C=O) groups excluding carboxylic acids is 1. The number of aliphatic hydroxyl groups is 1. The molecule has 1 aliphatic heterocycles. The lowest BCUT2D eigenvalue weighted by Gasteiger charge is -2.32. The van der Waals surface area contributed by atoms with Crippen LogP contribution in [0.1, 0.15) is 51.7 Å². The number of allylic oxidation sites excluding steroid dienone is 2. The van der Waals surface area contributed by atoms with Gasteiger partial charge in [0.2, 0.25) is 5.91 Å². The number of hydrogen-bond donors (Lipinski definition) is 3. The number of rotatable bonds is 6. The fourth-order valence-electron chi connectivity index (χ4n) is 4.49. The molecule has 0 spiro atoms. The van der Waals surface area contributed by atoms with E-state index in [2.05, 4.69) is 61.1 Å². The first-order valence-electron chi connectivity index (χ1n) is 10.7. The smallest absolute Gasteiger partial charge is 0.243 e. The lowest BCUT2D eigenvalue weighted by molar-refractivity contribution is -0.124. The van der Waals surface area contributed by atoms with Gasteiger partial charge in [0, 0.05) is 24.3 Å². The van der Waals surface area contributed by atoms with Crippen molar-refractivity contribution in [3.63, 3.8) is 0 Å². The van der Waals surface area contributed by atoms with Crippen LogP contribution in [0.25, 0.3) is 10.9 Å². The predicted octanol–water partition coefficient (Wildman–Crippen LogP) is 3.95. The van der Waals surface area contributed by atoms with Gasteiger partial charge in [0.05, 0.1) is 18.2 Å². The number of amides is 1. The molecule has 1 amide bonds. The summed E-state index contributed by atoms with van der Waals surface area (Å²) < 4.78 is 0. The van der Waals surface area contributed by atoms with Gasteiger partial charge >= 0.3 is 0 Å². The van der Waals surface area contributed by atoms with E-state index in [9.17, 15) is 9.90 Å². The summed E-state index contributed by atoms with van der Waals surface area (Å²) >= 11 is 0. The highest BCUT2D eigenvalue weighted by Crippen LogP contribution is 2.35. The summed E-state index contributed by atoms with van der Waals surface area (Å²) in [7, 11) is 2.00. The highest BCUT2D eigenvalue weighted by atomic mass is 16.3. The monoisotopic (exact) mass is 397 g/mol. The Kier molecular flexibility index (Phi) is 6.68. The van der Waals surface area contributed by atoms with Crippen molar-refractivity contribution in [1.29, 1.82) is 0 Å². The molecule has 0 saturated heterocycles. The molecule has 1 aliphatic rings. The van der Waals surface area contributed by atoms with E-state index in [0.29, 0.717) is 6.42 Å². The molecule has 1 aromatic carbocycles. The van der Waals surface area contributed by atoms with Crippen molar-refractivity contribution in [2.75, 3.05) is 18.6 Å². The molecule has 0 unspecified atom stereocenters. The number of unbranched alkanes of at least 4 members (excludes halogenated alkanes) is 1. The minimum atomic E-state index is -0.281. The first kappa shape index (κ1) is 21.4. The molecule has 0 bridgehead atoms. The van der Waals surface area contributed by atoms with Gasteiger partial charge in [0.1, 0.15) is 6.04 Å². The topological polar surface area (TPSA) is 68.4 Å². The molecular formula is C24H35N3O2. The SMILES string of the molecule is CC(C)=CCCCc1ccc2c3c(c[nH]c13)C[C@@H](CO)NC(=O)[C@H](C(C)C)N2C. The summed E-state index contributed by atoms with van der Waals surface area (Å²) in [6, 6.07) is 3.81. The quantitative estimate of drug-likeness (QED) is 0.511. The maximum absolute atomic E-state index is 13.0. The van der Waals surface area contributed by atoms with Gasteiger partial charge in [-0.05, 0) is 62.6 Å². The normalized spacial score (nSPS) is 19.7. The molecule has 0 aliphatic carbocycles. The second-order valence-electron chi connectivity index (χ2n) is 8.87. The molecule has 2 atom stereocenters. The maximum Gasteiger partial charge on any atom is 0.243 e. The number of carbonyl (C=O) groups is 1. The van der Waals surface area contributed by atoms with E-state index in [1.54, 1.807) is 0 Å². The average molecular weight is 398 g/mol. The Morgan fingerprint density at radius 2 is 2.10 bits per heavy atom. The minimum absolute atomic E-state index is 0.0189. The molecule has 3 N–H and O–H groups in total. The number of likely N-dealkylation sites (N-methyl/N-ethyl adjacent to an activating group) is 1. The Balaban J connectivity index is 2.05. The molecule has 29 heavy (non-hydrogen) atoms. The fraction of sp³-hybridized carbons (Fsp3) is 0.542. The van der Waals surface area contributed by atoms with Crippen LogP contribution in [0.4, 0.5) is 5.69 Å². The predicted molar refractivity (Wildman–Crippen MR) is 120 cm³/mol. The first-order valence-corrected chi connectivity index (χ1v) is 10.7. The second kappa shape index (κ2) is 9.04.